The number of hydrogen-bond acceptors (Lipinski definition) is 0. The van der Waals surface area contributed by atoms with Crippen LogP contribution < -0.4 is 0 Å². The molecule has 0 aliphatic heterocycles. The van der Waals surface area contributed by atoms with E-state index in [9.17, 15) is 0 Å². The third-order valence-corrected chi connectivity index (χ3v) is 11.2. The quantitative estimate of drug-likeness (QED) is 0.462. The first-order valence-electron chi connectivity index (χ1n) is 9.68. The van der Waals surface area contributed by atoms with Crippen LogP contribution in [0.4, 0.5) is 0 Å². The summed E-state index contributed by atoms with van der Waals surface area (Å²) >= 11 is 0. The molecule has 7 saturated carbocycles. The van der Waals surface area contributed by atoms with Gasteiger partial charge in [-0.2, -0.15) is 0 Å². The van der Waals surface area contributed by atoms with Crippen LogP contribution in [0.1, 0.15) is 25.7 Å². The van der Waals surface area contributed by atoms with Crippen molar-refractivity contribution in [1.82, 2.24) is 0 Å². The van der Waals surface area contributed by atoms with E-state index in [1.807, 2.05) is 11.1 Å². The van der Waals surface area contributed by atoms with Gasteiger partial charge in [0.2, 0.25) is 0 Å². The minimum atomic E-state index is 1.18. The van der Waals surface area contributed by atoms with Gasteiger partial charge in [0.1, 0.15) is 0 Å². The van der Waals surface area contributed by atoms with Gasteiger partial charge in [-0.15, -0.1) is 0 Å². The van der Waals surface area contributed by atoms with Crippen LogP contribution in [0.25, 0.3) is 0 Å². The van der Waals surface area contributed by atoms with Crippen molar-refractivity contribution < 1.29 is 0 Å². The smallest absolute Gasteiger partial charge is 0.00975 e. The fraction of sp³-hybridized carbons (Fsp3) is 0.900. The zero-order valence-corrected chi connectivity index (χ0v) is 11.9. The fourth-order valence-corrected chi connectivity index (χ4v) is 10.8. The van der Waals surface area contributed by atoms with Crippen LogP contribution >= 0.6 is 0 Å². The SMILES string of the molecule is C1CC2=C1C1C2C2C1C1C2C2C3C4C5CCC5C4C3C12. The molecule has 0 heterocycles. The van der Waals surface area contributed by atoms with E-state index < -0.39 is 0 Å². The van der Waals surface area contributed by atoms with Gasteiger partial charge in [0.15, 0.2) is 0 Å². The molecule has 0 nitrogen and oxygen atoms in total. The summed E-state index contributed by atoms with van der Waals surface area (Å²) in [6.07, 6.45) is 6.30. The third kappa shape index (κ3) is 0.520. The molecule has 9 aliphatic carbocycles. The molecule has 9 aliphatic rings. The van der Waals surface area contributed by atoms with Gasteiger partial charge in [-0.1, -0.05) is 11.1 Å². The molecule has 0 heteroatoms. The number of hydrogen-bond donors (Lipinski definition) is 0. The van der Waals surface area contributed by atoms with Crippen LogP contribution in [0.3, 0.4) is 0 Å². The predicted molar refractivity (Wildman–Crippen MR) is 74.4 cm³/mol. The highest BCUT2D eigenvalue weighted by Gasteiger charge is 2.89. The predicted octanol–water partition coefficient (Wildman–Crippen LogP) is 3.59. The highest BCUT2D eigenvalue weighted by Crippen LogP contribution is 2.93. The minimum absolute atomic E-state index is 1.18. The molecule has 0 aromatic heterocycles. The maximum absolute atomic E-state index is 2.00. The molecule has 0 bridgehead atoms. The van der Waals surface area contributed by atoms with Crippen molar-refractivity contribution in [3.8, 4) is 0 Å². The summed E-state index contributed by atoms with van der Waals surface area (Å²) in [7, 11) is 0. The Morgan fingerprint density at radius 1 is 0.450 bits per heavy atom. The van der Waals surface area contributed by atoms with Gasteiger partial charge in [-0.3, -0.25) is 0 Å². The van der Waals surface area contributed by atoms with E-state index in [1.54, 1.807) is 12.8 Å². The molecule has 0 aromatic carbocycles. The Morgan fingerprint density at radius 2 is 0.850 bits per heavy atom. The van der Waals surface area contributed by atoms with Gasteiger partial charge >= 0.3 is 0 Å². The highest BCUT2D eigenvalue weighted by atomic mass is 14.9. The highest BCUT2D eigenvalue weighted by molar-refractivity contribution is 5.51. The maximum Gasteiger partial charge on any atom is -0.00975 e. The van der Waals surface area contributed by atoms with Gasteiger partial charge in [-0.05, 0) is 109 Å². The monoisotopic (exact) mass is 262 g/mol. The Hall–Kier alpha value is -0.260. The van der Waals surface area contributed by atoms with E-state index in [-0.39, 0.29) is 0 Å². The number of allylic oxidation sites excluding steroid dienone is 2. The van der Waals surface area contributed by atoms with Gasteiger partial charge in [-0.25, -0.2) is 0 Å². The van der Waals surface area contributed by atoms with Gasteiger partial charge < -0.3 is 0 Å². The zero-order valence-electron chi connectivity index (χ0n) is 11.9. The molecule has 20 heavy (non-hydrogen) atoms. The van der Waals surface area contributed by atoms with Crippen molar-refractivity contribution in [3.05, 3.63) is 11.1 Å². The Labute approximate surface area is 120 Å². The van der Waals surface area contributed by atoms with E-state index in [0.29, 0.717) is 0 Å². The summed E-state index contributed by atoms with van der Waals surface area (Å²) < 4.78 is 0. The van der Waals surface area contributed by atoms with Crippen LogP contribution in [-0.2, 0) is 0 Å². The summed E-state index contributed by atoms with van der Waals surface area (Å²) in [5, 5.41) is 0. The summed E-state index contributed by atoms with van der Waals surface area (Å²) in [4.78, 5) is 0. The third-order valence-electron chi connectivity index (χ3n) is 11.2. The van der Waals surface area contributed by atoms with E-state index in [1.165, 1.54) is 95.7 Å². The summed E-state index contributed by atoms with van der Waals surface area (Å²) in [5.41, 5.74) is 4.01. The lowest BCUT2D eigenvalue weighted by Crippen LogP contribution is -2.90. The molecule has 14 atom stereocenters. The molecule has 0 spiro atoms. The Balaban J connectivity index is 1.11. The van der Waals surface area contributed by atoms with Crippen molar-refractivity contribution in [2.45, 2.75) is 25.7 Å². The zero-order chi connectivity index (χ0) is 12.1. The first-order chi connectivity index (χ1) is 9.97. The fourth-order valence-electron chi connectivity index (χ4n) is 10.8. The number of fused-ring (bicyclic) bond motifs is 21. The summed E-state index contributed by atoms with van der Waals surface area (Å²) in [5.74, 6) is 17.7. The molecular weight excluding hydrogens is 240 g/mol. The lowest BCUT2D eigenvalue weighted by Gasteiger charge is -2.94. The van der Waals surface area contributed by atoms with E-state index in [0.717, 1.165) is 0 Å². The van der Waals surface area contributed by atoms with E-state index in [2.05, 4.69) is 0 Å². The van der Waals surface area contributed by atoms with Crippen molar-refractivity contribution in [2.75, 3.05) is 0 Å². The van der Waals surface area contributed by atoms with Crippen LogP contribution in [0, 0.1) is 82.9 Å². The Morgan fingerprint density at radius 3 is 1.25 bits per heavy atom. The number of rotatable bonds is 0. The minimum Gasteiger partial charge on any atom is -0.0664 e. The normalized spacial score (nSPS) is 84.0. The lowest BCUT2D eigenvalue weighted by molar-refractivity contribution is -0.456. The Bertz CT molecular complexity index is 601. The first kappa shape index (κ1) is 9.01. The van der Waals surface area contributed by atoms with Gasteiger partial charge in [0.25, 0.3) is 0 Å². The van der Waals surface area contributed by atoms with Gasteiger partial charge in [0, 0.05) is 0 Å². The van der Waals surface area contributed by atoms with Crippen molar-refractivity contribution in [3.63, 3.8) is 0 Å². The van der Waals surface area contributed by atoms with Crippen LogP contribution in [0.15, 0.2) is 11.1 Å². The molecule has 14 unspecified atom stereocenters. The second-order valence-electron chi connectivity index (χ2n) is 10.3. The first-order valence-corrected chi connectivity index (χ1v) is 9.68. The molecule has 0 aromatic rings. The molecular formula is C20H22. The summed E-state index contributed by atoms with van der Waals surface area (Å²) in [6, 6.07) is 0. The molecule has 0 N–H and O–H groups in total. The summed E-state index contributed by atoms with van der Waals surface area (Å²) in [6.45, 7) is 0. The van der Waals surface area contributed by atoms with Crippen LogP contribution in [-0.4, -0.2) is 0 Å². The van der Waals surface area contributed by atoms with E-state index in [4.69, 9.17) is 0 Å². The molecule has 102 valence electrons. The molecule has 7 fully saturated rings. The van der Waals surface area contributed by atoms with Crippen LogP contribution in [0.5, 0.6) is 0 Å². The lowest BCUT2D eigenvalue weighted by atomic mass is 9.11. The van der Waals surface area contributed by atoms with Crippen molar-refractivity contribution in [1.29, 1.82) is 0 Å². The van der Waals surface area contributed by atoms with Crippen molar-refractivity contribution >= 4 is 0 Å². The average Bonchev–Trinajstić information content (AvgIpc) is 2.36. The van der Waals surface area contributed by atoms with Gasteiger partial charge in [0.05, 0.1) is 0 Å². The molecule has 9 rings (SSSR count). The average molecular weight is 262 g/mol. The molecule has 0 amide bonds. The maximum atomic E-state index is 2.00. The molecule has 0 radical (unpaired) electrons. The topological polar surface area (TPSA) is 0 Å². The Kier molecular flexibility index (Phi) is 0.992. The van der Waals surface area contributed by atoms with Crippen LogP contribution in [0.2, 0.25) is 0 Å². The second-order valence-corrected chi connectivity index (χ2v) is 10.3. The van der Waals surface area contributed by atoms with Crippen molar-refractivity contribution in [2.24, 2.45) is 82.9 Å². The largest absolute Gasteiger partial charge is 0.0664 e. The van der Waals surface area contributed by atoms with E-state index >= 15 is 0 Å². The second kappa shape index (κ2) is 2.20. The standard InChI is InChI=1S/C20H22/c1-2-6-5(1)9-10(6)14-13(9)17-18(14)20-16-12-8-4-3-7(8)11(12)15(16)19(17)20/h5-6,9-20H,1-4H2. The molecule has 0 saturated heterocycles.